The fraction of sp³-hybridized carbons (Fsp3) is 0.667. The summed E-state index contributed by atoms with van der Waals surface area (Å²) in [6.45, 7) is 1.35. The minimum atomic E-state index is -0.304. The molecule has 1 saturated carbocycles. The number of ether oxygens (including phenoxy) is 1. The van der Waals surface area contributed by atoms with Crippen LogP contribution in [0.3, 0.4) is 0 Å². The summed E-state index contributed by atoms with van der Waals surface area (Å²) in [7, 11) is 0. The molecule has 2 atom stereocenters. The van der Waals surface area contributed by atoms with Gasteiger partial charge in [-0.25, -0.2) is 0 Å². The average Bonchev–Trinajstić information content (AvgIpc) is 2.99. The Morgan fingerprint density at radius 3 is 2.90 bits per heavy atom. The third-order valence-corrected chi connectivity index (χ3v) is 4.75. The minimum absolute atomic E-state index is 0.0316. The Morgan fingerprint density at radius 1 is 1.45 bits per heavy atom. The van der Waals surface area contributed by atoms with Crippen molar-refractivity contribution in [1.29, 1.82) is 0 Å². The van der Waals surface area contributed by atoms with Crippen LogP contribution in [0.5, 0.6) is 0 Å². The van der Waals surface area contributed by atoms with Crippen molar-refractivity contribution in [2.75, 3.05) is 13.2 Å². The molecule has 0 bridgehead atoms. The number of rotatable bonds is 4. The van der Waals surface area contributed by atoms with Gasteiger partial charge in [-0.15, -0.1) is 0 Å². The third-order valence-electron chi connectivity index (χ3n) is 4.75. The molecule has 1 amide bonds. The van der Waals surface area contributed by atoms with E-state index in [9.17, 15) is 9.90 Å². The van der Waals surface area contributed by atoms with Crippen molar-refractivity contribution in [3.05, 3.63) is 24.2 Å². The molecule has 2 heterocycles. The number of carbonyl (C=O) groups is 1. The quantitative estimate of drug-likeness (QED) is 0.870. The van der Waals surface area contributed by atoms with Crippen molar-refractivity contribution in [1.82, 2.24) is 5.32 Å². The van der Waals surface area contributed by atoms with Crippen LogP contribution in [0.4, 0.5) is 0 Å². The molecule has 20 heavy (non-hydrogen) atoms. The first kappa shape index (κ1) is 13.6. The number of hydrogen-bond acceptors (Lipinski definition) is 4. The first-order valence-electron chi connectivity index (χ1n) is 7.28. The maximum atomic E-state index is 12.0. The molecular formula is C15H21NO4. The highest BCUT2D eigenvalue weighted by atomic mass is 16.5. The second-order valence-electron chi connectivity index (χ2n) is 5.80. The lowest BCUT2D eigenvalue weighted by molar-refractivity contribution is -0.156. The molecule has 110 valence electrons. The van der Waals surface area contributed by atoms with Crippen molar-refractivity contribution in [3.63, 3.8) is 0 Å². The Labute approximate surface area is 118 Å². The van der Waals surface area contributed by atoms with Crippen molar-refractivity contribution in [3.8, 4) is 0 Å². The van der Waals surface area contributed by atoms with Crippen LogP contribution in [0, 0.1) is 5.41 Å². The zero-order valence-electron chi connectivity index (χ0n) is 11.5. The van der Waals surface area contributed by atoms with Crippen LogP contribution < -0.4 is 5.32 Å². The number of aliphatic hydroxyl groups excluding tert-OH is 1. The largest absolute Gasteiger partial charge is 0.469 e. The van der Waals surface area contributed by atoms with Gasteiger partial charge in [0.1, 0.15) is 5.76 Å². The van der Waals surface area contributed by atoms with Crippen LogP contribution in [-0.4, -0.2) is 36.4 Å². The van der Waals surface area contributed by atoms with Gasteiger partial charge in [-0.05, 0) is 31.4 Å². The van der Waals surface area contributed by atoms with Gasteiger partial charge in [0.25, 0.3) is 0 Å². The predicted octanol–water partition coefficient (Wildman–Crippen LogP) is 1.26. The van der Waals surface area contributed by atoms with E-state index in [1.165, 1.54) is 0 Å². The second kappa shape index (κ2) is 5.58. The van der Waals surface area contributed by atoms with Gasteiger partial charge in [0.15, 0.2) is 0 Å². The molecule has 1 aliphatic heterocycles. The summed E-state index contributed by atoms with van der Waals surface area (Å²) in [4.78, 5) is 12.0. The van der Waals surface area contributed by atoms with Crippen LogP contribution in [0.1, 0.15) is 31.4 Å². The second-order valence-corrected chi connectivity index (χ2v) is 5.80. The van der Waals surface area contributed by atoms with E-state index in [2.05, 4.69) is 5.32 Å². The Morgan fingerprint density at radius 2 is 2.25 bits per heavy atom. The molecule has 5 heteroatoms. The van der Waals surface area contributed by atoms with Gasteiger partial charge in [-0.3, -0.25) is 4.79 Å². The standard InChI is InChI=1S/C15H21NO4/c17-13-10-12(15(13)5-8-19-9-6-15)16-14(18)4-3-11-2-1-7-20-11/h1-2,7,12-13,17H,3-6,8-10H2,(H,16,18)/t12-,13-/m1/s1. The number of amides is 1. The maximum absolute atomic E-state index is 12.0. The Bertz CT molecular complexity index is 450. The number of furan rings is 1. The van der Waals surface area contributed by atoms with Gasteiger partial charge in [0, 0.05) is 37.5 Å². The summed E-state index contributed by atoms with van der Waals surface area (Å²) in [5.74, 6) is 0.860. The summed E-state index contributed by atoms with van der Waals surface area (Å²) in [5, 5.41) is 13.1. The van der Waals surface area contributed by atoms with Gasteiger partial charge in [0.05, 0.1) is 12.4 Å². The first-order valence-corrected chi connectivity index (χ1v) is 7.28. The van der Waals surface area contributed by atoms with E-state index in [0.29, 0.717) is 32.5 Å². The van der Waals surface area contributed by atoms with E-state index in [1.807, 2.05) is 12.1 Å². The van der Waals surface area contributed by atoms with Crippen molar-refractivity contribution in [2.24, 2.45) is 5.41 Å². The van der Waals surface area contributed by atoms with E-state index < -0.39 is 0 Å². The third kappa shape index (κ3) is 2.47. The first-order chi connectivity index (χ1) is 9.71. The highest BCUT2D eigenvalue weighted by Gasteiger charge is 2.55. The van der Waals surface area contributed by atoms with Crippen LogP contribution >= 0.6 is 0 Å². The number of aliphatic hydroxyl groups is 1. The molecule has 1 aliphatic carbocycles. The monoisotopic (exact) mass is 279 g/mol. The lowest BCUT2D eigenvalue weighted by Gasteiger charge is -2.55. The van der Waals surface area contributed by atoms with Crippen LogP contribution in [-0.2, 0) is 16.0 Å². The highest BCUT2D eigenvalue weighted by Crippen LogP contribution is 2.48. The maximum Gasteiger partial charge on any atom is 0.220 e. The van der Waals surface area contributed by atoms with Gasteiger partial charge < -0.3 is 19.6 Å². The summed E-state index contributed by atoms with van der Waals surface area (Å²) < 4.78 is 10.6. The van der Waals surface area contributed by atoms with Gasteiger partial charge in [-0.2, -0.15) is 0 Å². The summed E-state index contributed by atoms with van der Waals surface area (Å²) in [6.07, 6.45) is 4.67. The topological polar surface area (TPSA) is 71.7 Å². The lowest BCUT2D eigenvalue weighted by atomic mass is 9.58. The van der Waals surface area contributed by atoms with E-state index in [-0.39, 0.29) is 23.5 Å². The Kier molecular flexibility index (Phi) is 3.81. The molecule has 2 N–H and O–H groups in total. The summed E-state index contributed by atoms with van der Waals surface area (Å²) in [5.41, 5.74) is -0.154. The number of carbonyl (C=O) groups excluding carboxylic acids is 1. The van der Waals surface area contributed by atoms with Crippen LogP contribution in [0.2, 0.25) is 0 Å². The molecule has 0 unspecified atom stereocenters. The molecule has 0 radical (unpaired) electrons. The molecule has 1 aromatic rings. The number of nitrogens with one attached hydrogen (secondary N) is 1. The van der Waals surface area contributed by atoms with Crippen LogP contribution in [0.25, 0.3) is 0 Å². The van der Waals surface area contributed by atoms with E-state index >= 15 is 0 Å². The summed E-state index contributed by atoms with van der Waals surface area (Å²) >= 11 is 0. The van der Waals surface area contributed by atoms with Crippen molar-refractivity contribution in [2.45, 2.75) is 44.2 Å². The Hall–Kier alpha value is -1.33. The molecule has 1 aromatic heterocycles. The zero-order chi connectivity index (χ0) is 14.0. The normalized spacial score (nSPS) is 28.1. The average molecular weight is 279 g/mol. The van der Waals surface area contributed by atoms with E-state index in [4.69, 9.17) is 9.15 Å². The van der Waals surface area contributed by atoms with Gasteiger partial charge in [-0.1, -0.05) is 0 Å². The fourth-order valence-corrected chi connectivity index (χ4v) is 3.36. The van der Waals surface area contributed by atoms with Gasteiger partial charge >= 0.3 is 0 Å². The molecule has 2 fully saturated rings. The lowest BCUT2D eigenvalue weighted by Crippen LogP contribution is -2.65. The smallest absolute Gasteiger partial charge is 0.220 e. The van der Waals surface area contributed by atoms with E-state index in [1.54, 1.807) is 6.26 Å². The van der Waals surface area contributed by atoms with Gasteiger partial charge in [0.2, 0.25) is 5.91 Å². The SMILES string of the molecule is O=C(CCc1ccco1)N[C@@H]1C[C@@H](O)C12CCOCC2. The van der Waals surface area contributed by atoms with Crippen LogP contribution in [0.15, 0.2) is 22.8 Å². The Balaban J connectivity index is 1.51. The molecular weight excluding hydrogens is 258 g/mol. The highest BCUT2D eigenvalue weighted by molar-refractivity contribution is 5.76. The molecule has 3 rings (SSSR count). The zero-order valence-corrected chi connectivity index (χ0v) is 11.5. The predicted molar refractivity (Wildman–Crippen MR) is 72.1 cm³/mol. The molecule has 5 nitrogen and oxygen atoms in total. The number of hydrogen-bond donors (Lipinski definition) is 2. The van der Waals surface area contributed by atoms with E-state index in [0.717, 1.165) is 18.6 Å². The summed E-state index contributed by atoms with van der Waals surface area (Å²) in [6, 6.07) is 3.79. The minimum Gasteiger partial charge on any atom is -0.469 e. The molecule has 1 spiro atoms. The molecule has 1 saturated heterocycles. The fourth-order valence-electron chi connectivity index (χ4n) is 3.36. The molecule has 0 aromatic carbocycles. The molecule has 2 aliphatic rings. The van der Waals surface area contributed by atoms with Crippen molar-refractivity contribution >= 4 is 5.91 Å². The van der Waals surface area contributed by atoms with Crippen molar-refractivity contribution < 1.29 is 19.1 Å². The number of aryl methyl sites for hydroxylation is 1.